The zero-order chi connectivity index (χ0) is 18.0. The summed E-state index contributed by atoms with van der Waals surface area (Å²) in [6.07, 6.45) is 7.25. The van der Waals surface area contributed by atoms with Gasteiger partial charge in [-0.05, 0) is 19.3 Å². The number of amides is 1. The van der Waals surface area contributed by atoms with Crippen molar-refractivity contribution in [2.45, 2.75) is 45.1 Å². The summed E-state index contributed by atoms with van der Waals surface area (Å²) < 4.78 is 4.20. The highest BCUT2D eigenvalue weighted by atomic mass is 16.2. The number of rotatable bonds is 4. The highest BCUT2D eigenvalue weighted by Gasteiger charge is 2.17. The Morgan fingerprint density at radius 1 is 1.08 bits per heavy atom. The molecule has 0 unspecified atom stereocenters. The van der Waals surface area contributed by atoms with E-state index in [1.807, 2.05) is 4.90 Å². The molecule has 0 bridgehead atoms. The van der Waals surface area contributed by atoms with E-state index in [2.05, 4.69) is 4.98 Å². The molecule has 8 heteroatoms. The first-order valence-corrected chi connectivity index (χ1v) is 8.89. The van der Waals surface area contributed by atoms with Crippen LogP contribution in [0.1, 0.15) is 38.5 Å². The Labute approximate surface area is 145 Å². The van der Waals surface area contributed by atoms with Crippen molar-refractivity contribution in [3.8, 4) is 0 Å². The number of aromatic nitrogens is 4. The molecule has 25 heavy (non-hydrogen) atoms. The Bertz CT molecular complexity index is 884. The molecular weight excluding hydrogens is 322 g/mol. The van der Waals surface area contributed by atoms with E-state index in [9.17, 15) is 14.4 Å². The van der Waals surface area contributed by atoms with Crippen LogP contribution in [0, 0.1) is 0 Å². The normalized spacial score (nSPS) is 15.5. The second-order valence-electron chi connectivity index (χ2n) is 6.71. The molecule has 1 amide bonds. The second kappa shape index (κ2) is 7.25. The lowest BCUT2D eigenvalue weighted by Crippen LogP contribution is -2.37. The molecule has 1 aliphatic rings. The number of aryl methyl sites for hydroxylation is 2. The SMILES string of the molecule is Cn1c(=O)c2c(ncn2CCCC(=O)N2CCCCCC2)n(C)c1=O. The van der Waals surface area contributed by atoms with Gasteiger partial charge in [-0.25, -0.2) is 9.78 Å². The van der Waals surface area contributed by atoms with Crippen LogP contribution in [-0.4, -0.2) is 42.6 Å². The molecule has 1 aliphatic heterocycles. The molecule has 136 valence electrons. The lowest BCUT2D eigenvalue weighted by atomic mass is 10.2. The molecule has 8 nitrogen and oxygen atoms in total. The van der Waals surface area contributed by atoms with E-state index in [4.69, 9.17) is 0 Å². The molecule has 1 fully saturated rings. The fraction of sp³-hybridized carbons (Fsp3) is 0.647. The summed E-state index contributed by atoms with van der Waals surface area (Å²) in [5, 5.41) is 0. The van der Waals surface area contributed by atoms with E-state index >= 15 is 0 Å². The van der Waals surface area contributed by atoms with Crippen molar-refractivity contribution in [1.82, 2.24) is 23.6 Å². The van der Waals surface area contributed by atoms with Gasteiger partial charge in [-0.2, -0.15) is 0 Å². The van der Waals surface area contributed by atoms with Gasteiger partial charge < -0.3 is 9.47 Å². The van der Waals surface area contributed by atoms with E-state index in [0.29, 0.717) is 30.6 Å². The van der Waals surface area contributed by atoms with E-state index < -0.39 is 0 Å². The standard InChI is InChI=1S/C17H25N5O3/c1-19-15-14(16(24)20(2)17(19)25)22(12-18-15)11-7-8-13(23)21-9-5-3-4-6-10-21/h12H,3-11H2,1-2H3. The van der Waals surface area contributed by atoms with Gasteiger partial charge in [0.15, 0.2) is 11.2 Å². The summed E-state index contributed by atoms with van der Waals surface area (Å²) >= 11 is 0. The maximum atomic E-state index is 12.4. The molecular formula is C17H25N5O3. The van der Waals surface area contributed by atoms with Gasteiger partial charge in [0.25, 0.3) is 5.56 Å². The van der Waals surface area contributed by atoms with Gasteiger partial charge in [0.1, 0.15) is 0 Å². The molecule has 0 N–H and O–H groups in total. The van der Waals surface area contributed by atoms with Crippen molar-refractivity contribution in [1.29, 1.82) is 0 Å². The molecule has 3 rings (SSSR count). The zero-order valence-electron chi connectivity index (χ0n) is 14.9. The molecule has 0 radical (unpaired) electrons. The summed E-state index contributed by atoms with van der Waals surface area (Å²) in [7, 11) is 3.06. The van der Waals surface area contributed by atoms with Crippen LogP contribution in [0.15, 0.2) is 15.9 Å². The quantitative estimate of drug-likeness (QED) is 0.812. The number of hydrogen-bond donors (Lipinski definition) is 0. The molecule has 0 aliphatic carbocycles. The summed E-state index contributed by atoms with van der Waals surface area (Å²) in [5.74, 6) is 0.187. The average molecular weight is 347 g/mol. The monoisotopic (exact) mass is 347 g/mol. The van der Waals surface area contributed by atoms with E-state index in [1.54, 1.807) is 17.9 Å². The summed E-state index contributed by atoms with van der Waals surface area (Å²) in [4.78, 5) is 42.8. The highest BCUT2D eigenvalue weighted by molar-refractivity contribution is 5.76. The Morgan fingerprint density at radius 2 is 1.76 bits per heavy atom. The predicted molar refractivity (Wildman–Crippen MR) is 94.5 cm³/mol. The lowest BCUT2D eigenvalue weighted by Gasteiger charge is -2.20. The fourth-order valence-corrected chi connectivity index (χ4v) is 3.45. The Morgan fingerprint density at radius 3 is 2.44 bits per heavy atom. The number of imidazole rings is 1. The van der Waals surface area contributed by atoms with Crippen LogP contribution in [0.4, 0.5) is 0 Å². The van der Waals surface area contributed by atoms with Crippen LogP contribution in [0.3, 0.4) is 0 Å². The minimum Gasteiger partial charge on any atom is -0.343 e. The smallest absolute Gasteiger partial charge is 0.332 e. The summed E-state index contributed by atoms with van der Waals surface area (Å²) in [6, 6.07) is 0. The minimum absolute atomic E-state index is 0.187. The first-order chi connectivity index (χ1) is 12.0. The van der Waals surface area contributed by atoms with Crippen molar-refractivity contribution in [3.63, 3.8) is 0 Å². The van der Waals surface area contributed by atoms with Crippen molar-refractivity contribution in [3.05, 3.63) is 27.2 Å². The van der Waals surface area contributed by atoms with Gasteiger partial charge in [0.2, 0.25) is 5.91 Å². The Kier molecular flexibility index (Phi) is 5.06. The molecule has 0 aromatic carbocycles. The van der Waals surface area contributed by atoms with Gasteiger partial charge in [-0.3, -0.25) is 18.7 Å². The van der Waals surface area contributed by atoms with E-state index in [1.165, 1.54) is 24.5 Å². The average Bonchev–Trinajstić information content (AvgIpc) is 2.83. The second-order valence-corrected chi connectivity index (χ2v) is 6.71. The van der Waals surface area contributed by atoms with Crippen molar-refractivity contribution >= 4 is 17.1 Å². The molecule has 2 aromatic rings. The summed E-state index contributed by atoms with van der Waals surface area (Å²) in [6.45, 7) is 2.24. The van der Waals surface area contributed by atoms with Gasteiger partial charge in [0, 0.05) is 40.2 Å². The van der Waals surface area contributed by atoms with Gasteiger partial charge in [0.05, 0.1) is 6.33 Å². The van der Waals surface area contributed by atoms with Crippen LogP contribution in [0.5, 0.6) is 0 Å². The maximum absolute atomic E-state index is 12.4. The molecule has 0 saturated carbocycles. The summed E-state index contributed by atoms with van der Waals surface area (Å²) in [5.41, 5.74) is 0.0484. The Balaban J connectivity index is 1.71. The van der Waals surface area contributed by atoms with Crippen molar-refractivity contribution in [2.24, 2.45) is 14.1 Å². The van der Waals surface area contributed by atoms with Crippen molar-refractivity contribution < 1.29 is 4.79 Å². The maximum Gasteiger partial charge on any atom is 0.332 e. The molecule has 0 atom stereocenters. The number of fused-ring (bicyclic) bond motifs is 1. The van der Waals surface area contributed by atoms with Gasteiger partial charge in [-0.15, -0.1) is 0 Å². The fourth-order valence-electron chi connectivity index (χ4n) is 3.45. The molecule has 0 spiro atoms. The van der Waals surface area contributed by atoms with Crippen molar-refractivity contribution in [2.75, 3.05) is 13.1 Å². The third kappa shape index (κ3) is 3.38. The number of carbonyl (C=O) groups is 1. The number of likely N-dealkylation sites (tertiary alicyclic amines) is 1. The number of nitrogens with zero attached hydrogens (tertiary/aromatic N) is 5. The topological polar surface area (TPSA) is 82.1 Å². The number of carbonyl (C=O) groups excluding carboxylic acids is 1. The molecule has 2 aromatic heterocycles. The molecule has 1 saturated heterocycles. The zero-order valence-corrected chi connectivity index (χ0v) is 14.9. The van der Waals surface area contributed by atoms with E-state index in [0.717, 1.165) is 30.5 Å². The van der Waals surface area contributed by atoms with E-state index in [-0.39, 0.29) is 17.2 Å². The van der Waals surface area contributed by atoms with Crippen LogP contribution in [-0.2, 0) is 25.4 Å². The van der Waals surface area contributed by atoms with Crippen LogP contribution in [0.25, 0.3) is 11.2 Å². The van der Waals surface area contributed by atoms with Crippen LogP contribution >= 0.6 is 0 Å². The van der Waals surface area contributed by atoms with Gasteiger partial charge >= 0.3 is 5.69 Å². The van der Waals surface area contributed by atoms with Crippen LogP contribution < -0.4 is 11.2 Å². The van der Waals surface area contributed by atoms with Gasteiger partial charge in [-0.1, -0.05) is 12.8 Å². The lowest BCUT2D eigenvalue weighted by molar-refractivity contribution is -0.131. The minimum atomic E-state index is -0.390. The highest BCUT2D eigenvalue weighted by Crippen LogP contribution is 2.12. The third-order valence-corrected chi connectivity index (χ3v) is 4.97. The predicted octanol–water partition coefficient (Wildman–Crippen LogP) is 0.616. The largest absolute Gasteiger partial charge is 0.343 e. The first-order valence-electron chi connectivity index (χ1n) is 8.89. The van der Waals surface area contributed by atoms with Crippen LogP contribution in [0.2, 0.25) is 0 Å². The first kappa shape index (κ1) is 17.4. The molecule has 3 heterocycles. The Hall–Kier alpha value is -2.38. The number of hydrogen-bond acceptors (Lipinski definition) is 4. The third-order valence-electron chi connectivity index (χ3n) is 4.97.